The van der Waals surface area contributed by atoms with E-state index in [0.29, 0.717) is 22.1 Å². The zero-order valence-corrected chi connectivity index (χ0v) is 22.1. The number of hydrogen-bond donors (Lipinski definition) is 3. The van der Waals surface area contributed by atoms with E-state index >= 15 is 0 Å². The van der Waals surface area contributed by atoms with Crippen LogP contribution < -0.4 is 20.7 Å². The fourth-order valence-electron chi connectivity index (χ4n) is 2.62. The second kappa shape index (κ2) is 11.8. The number of aliphatic imine (C=N–C) groups is 1. The maximum absolute atomic E-state index is 12.5. The molecule has 0 heterocycles. The minimum absolute atomic E-state index is 0.215. The van der Waals surface area contributed by atoms with Gasteiger partial charge in [-0.2, -0.15) is 0 Å². The van der Waals surface area contributed by atoms with Crippen LogP contribution in [0.5, 0.6) is 5.75 Å². The van der Waals surface area contributed by atoms with E-state index in [1.807, 2.05) is 0 Å². The quantitative estimate of drug-likeness (QED) is 0.200. The van der Waals surface area contributed by atoms with Gasteiger partial charge in [0.1, 0.15) is 17.0 Å². The number of nitrogens with zero attached hydrogens (tertiary/aromatic N) is 1. The van der Waals surface area contributed by atoms with Gasteiger partial charge in [-0.05, 0) is 77.9 Å². The van der Waals surface area contributed by atoms with Crippen LogP contribution in [0.1, 0.15) is 51.9 Å². The van der Waals surface area contributed by atoms with Crippen molar-refractivity contribution < 1.29 is 28.6 Å². The number of guanidine groups is 1. The number of amides is 2. The Bertz CT molecular complexity index is 1130. The van der Waals surface area contributed by atoms with Crippen molar-refractivity contribution in [1.82, 2.24) is 5.32 Å². The van der Waals surface area contributed by atoms with E-state index in [9.17, 15) is 14.4 Å². The Balaban J connectivity index is 2.15. The fourth-order valence-corrected chi connectivity index (χ4v) is 2.88. The predicted molar refractivity (Wildman–Crippen MR) is 139 cm³/mol. The van der Waals surface area contributed by atoms with E-state index in [0.717, 1.165) is 0 Å². The maximum Gasteiger partial charge on any atom is 0.437 e. The van der Waals surface area contributed by atoms with Crippen molar-refractivity contribution in [3.8, 4) is 5.75 Å². The van der Waals surface area contributed by atoms with Gasteiger partial charge in [-0.3, -0.25) is 5.32 Å². The number of alkyl carbamates (subject to hydrolysis) is 1. The number of rotatable bonds is 4. The van der Waals surface area contributed by atoms with E-state index in [4.69, 9.17) is 25.8 Å². The predicted octanol–water partition coefficient (Wildman–Crippen LogP) is 5.83. The summed E-state index contributed by atoms with van der Waals surface area (Å²) in [6.45, 7) is 10.2. The Morgan fingerprint density at radius 3 is 2.03 bits per heavy atom. The van der Waals surface area contributed by atoms with Crippen LogP contribution in [0.15, 0.2) is 47.5 Å². The average Bonchev–Trinajstić information content (AvgIpc) is 2.71. The molecule has 0 spiro atoms. The van der Waals surface area contributed by atoms with E-state index < -0.39 is 29.4 Å². The maximum atomic E-state index is 12.5. The van der Waals surface area contributed by atoms with Gasteiger partial charge in [-0.15, -0.1) is 4.99 Å². The smallest absolute Gasteiger partial charge is 0.437 e. The Hall–Kier alpha value is -3.79. The standard InChI is InChI=1S/C25H31ClN4O6/c1-24(2,3)35-22(32)29-21(30-23(33)36-25(4,5)6)28-16-10-8-15(9-11-16)20(31)34-17-12-13-19(27-7)18(26)14-17/h8-14,27H,1-7H3,(H2,28,29,30,32,33). The molecule has 0 aromatic heterocycles. The highest BCUT2D eigenvalue weighted by Crippen LogP contribution is 2.27. The summed E-state index contributed by atoms with van der Waals surface area (Å²) in [5, 5.41) is 8.54. The Kier molecular flexibility index (Phi) is 9.29. The first-order chi connectivity index (χ1) is 16.6. The monoisotopic (exact) mass is 518 g/mol. The van der Waals surface area contributed by atoms with Crippen molar-refractivity contribution in [2.45, 2.75) is 52.7 Å². The van der Waals surface area contributed by atoms with Crippen molar-refractivity contribution in [3.63, 3.8) is 0 Å². The fraction of sp³-hybridized carbons (Fsp3) is 0.360. The molecule has 10 nitrogen and oxygen atoms in total. The molecule has 194 valence electrons. The Morgan fingerprint density at radius 1 is 0.889 bits per heavy atom. The summed E-state index contributed by atoms with van der Waals surface area (Å²) in [7, 11) is 1.73. The zero-order chi connectivity index (χ0) is 27.1. The van der Waals surface area contributed by atoms with Crippen molar-refractivity contribution in [2.75, 3.05) is 17.7 Å². The summed E-state index contributed by atoms with van der Waals surface area (Å²) in [6, 6.07) is 11.0. The molecule has 0 aliphatic rings. The largest absolute Gasteiger partial charge is 0.444 e. The van der Waals surface area contributed by atoms with Crippen LogP contribution >= 0.6 is 11.6 Å². The number of halogens is 1. The molecule has 2 amide bonds. The number of carbonyl (C=O) groups excluding carboxylic acids is 3. The van der Waals surface area contributed by atoms with Crippen molar-refractivity contribution in [3.05, 3.63) is 53.1 Å². The molecule has 0 fully saturated rings. The molecular formula is C25H31ClN4O6. The van der Waals surface area contributed by atoms with Crippen LogP contribution in [0.2, 0.25) is 5.02 Å². The summed E-state index contributed by atoms with van der Waals surface area (Å²) < 4.78 is 15.8. The second-order valence-electron chi connectivity index (χ2n) is 9.55. The molecule has 11 heteroatoms. The molecule has 0 atom stereocenters. The molecule has 0 unspecified atom stereocenters. The number of benzene rings is 2. The summed E-state index contributed by atoms with van der Waals surface area (Å²) in [5.41, 5.74) is -0.153. The number of carbonyl (C=O) groups is 3. The topological polar surface area (TPSA) is 127 Å². The molecule has 2 rings (SSSR count). The molecule has 0 aliphatic carbocycles. The van der Waals surface area contributed by atoms with Gasteiger partial charge in [-0.25, -0.2) is 14.4 Å². The van der Waals surface area contributed by atoms with Crippen LogP contribution in [-0.2, 0) is 9.47 Å². The van der Waals surface area contributed by atoms with Gasteiger partial charge >= 0.3 is 18.2 Å². The molecule has 0 saturated carbocycles. The van der Waals surface area contributed by atoms with E-state index in [2.05, 4.69) is 20.9 Å². The lowest BCUT2D eigenvalue weighted by molar-refractivity contribution is 0.0561. The molecular weight excluding hydrogens is 488 g/mol. The van der Waals surface area contributed by atoms with Crippen LogP contribution in [0.3, 0.4) is 0 Å². The molecule has 2 aromatic carbocycles. The lowest BCUT2D eigenvalue weighted by atomic mass is 10.2. The number of ether oxygens (including phenoxy) is 3. The summed E-state index contributed by atoms with van der Waals surface area (Å²) in [5.74, 6) is -0.517. The van der Waals surface area contributed by atoms with Crippen LogP contribution in [0.25, 0.3) is 0 Å². The number of esters is 1. The van der Waals surface area contributed by atoms with Gasteiger partial charge in [0.25, 0.3) is 0 Å². The zero-order valence-electron chi connectivity index (χ0n) is 21.3. The highest BCUT2D eigenvalue weighted by Gasteiger charge is 2.20. The second-order valence-corrected chi connectivity index (χ2v) is 9.96. The Labute approximate surface area is 215 Å². The van der Waals surface area contributed by atoms with Crippen LogP contribution in [-0.4, -0.2) is 42.4 Å². The van der Waals surface area contributed by atoms with Crippen LogP contribution in [0, 0.1) is 0 Å². The SMILES string of the molecule is CNc1ccc(OC(=O)c2ccc(NC(=NC(=O)OC(C)(C)C)NC(=O)OC(C)(C)C)cc2)cc1Cl. The number of anilines is 2. The summed E-state index contributed by atoms with van der Waals surface area (Å²) in [6.07, 6.45) is -1.73. The third-order valence-corrected chi connectivity index (χ3v) is 4.33. The minimum Gasteiger partial charge on any atom is -0.444 e. The highest BCUT2D eigenvalue weighted by atomic mass is 35.5. The molecule has 36 heavy (non-hydrogen) atoms. The third-order valence-electron chi connectivity index (χ3n) is 4.02. The summed E-state index contributed by atoms with van der Waals surface area (Å²) in [4.78, 5) is 40.7. The normalized spacial score (nSPS) is 11.8. The first kappa shape index (κ1) is 28.4. The van der Waals surface area contributed by atoms with E-state index in [1.165, 1.54) is 18.2 Å². The van der Waals surface area contributed by atoms with Gasteiger partial charge in [0.05, 0.1) is 16.3 Å². The molecule has 0 saturated heterocycles. The number of nitrogens with one attached hydrogen (secondary N) is 3. The lowest BCUT2D eigenvalue weighted by Gasteiger charge is -2.21. The molecule has 2 aromatic rings. The van der Waals surface area contributed by atoms with Gasteiger partial charge in [0.15, 0.2) is 0 Å². The van der Waals surface area contributed by atoms with E-state index in [1.54, 1.807) is 72.9 Å². The first-order valence-electron chi connectivity index (χ1n) is 11.0. The average molecular weight is 519 g/mol. The lowest BCUT2D eigenvalue weighted by Crippen LogP contribution is -2.40. The molecule has 0 bridgehead atoms. The van der Waals surface area contributed by atoms with Crippen molar-refractivity contribution >= 4 is 47.1 Å². The molecule has 3 N–H and O–H groups in total. The Morgan fingerprint density at radius 2 is 1.50 bits per heavy atom. The van der Waals surface area contributed by atoms with Crippen molar-refractivity contribution in [2.24, 2.45) is 4.99 Å². The van der Waals surface area contributed by atoms with Gasteiger partial charge in [0.2, 0.25) is 5.96 Å². The van der Waals surface area contributed by atoms with Crippen LogP contribution in [0.4, 0.5) is 21.0 Å². The first-order valence-corrected chi connectivity index (χ1v) is 11.4. The van der Waals surface area contributed by atoms with Gasteiger partial charge in [0, 0.05) is 18.8 Å². The van der Waals surface area contributed by atoms with Crippen molar-refractivity contribution in [1.29, 1.82) is 0 Å². The molecule has 0 aliphatic heterocycles. The minimum atomic E-state index is -0.913. The molecule has 0 radical (unpaired) electrons. The third kappa shape index (κ3) is 9.83. The summed E-state index contributed by atoms with van der Waals surface area (Å²) >= 11 is 6.13. The number of hydrogen-bond acceptors (Lipinski definition) is 7. The van der Waals surface area contributed by atoms with Gasteiger partial charge in [-0.1, -0.05) is 11.6 Å². The highest BCUT2D eigenvalue weighted by molar-refractivity contribution is 6.33. The van der Waals surface area contributed by atoms with Gasteiger partial charge < -0.3 is 24.8 Å². The van der Waals surface area contributed by atoms with E-state index in [-0.39, 0.29) is 11.5 Å².